The number of nitrogens with one attached hydrogen (secondary N) is 1. The van der Waals surface area contributed by atoms with Gasteiger partial charge in [0, 0.05) is 18.4 Å². The van der Waals surface area contributed by atoms with E-state index in [0.29, 0.717) is 0 Å². The van der Waals surface area contributed by atoms with Gasteiger partial charge in [0.15, 0.2) is 0 Å². The first kappa shape index (κ1) is 15.4. The van der Waals surface area contributed by atoms with Crippen LogP contribution in [0.15, 0.2) is 47.6 Å². The van der Waals surface area contributed by atoms with Crippen LogP contribution in [0.5, 0.6) is 0 Å². The molecular formula is C14H12ClN3O2S. The van der Waals surface area contributed by atoms with Gasteiger partial charge in [-0.1, -0.05) is 17.7 Å². The molecule has 0 aliphatic rings. The van der Waals surface area contributed by atoms with Crippen molar-refractivity contribution in [1.82, 2.24) is 9.71 Å². The second-order valence-electron chi connectivity index (χ2n) is 4.38. The summed E-state index contributed by atoms with van der Waals surface area (Å²) in [6.07, 6.45) is 3.21. The third-order valence-corrected chi connectivity index (χ3v) is 4.75. The summed E-state index contributed by atoms with van der Waals surface area (Å²) in [6.45, 7) is 1.72. The highest BCUT2D eigenvalue weighted by atomic mass is 35.5. The number of nitrogens with zero attached hydrogens (tertiary/aromatic N) is 2. The second-order valence-corrected chi connectivity index (χ2v) is 6.50. The SMILES string of the molecule is C[C@@H](NS(=O)(=O)c1ccc(Cl)c(C#N)c1)c1cccnc1. The number of hydrogen-bond donors (Lipinski definition) is 1. The van der Waals surface area contributed by atoms with Gasteiger partial charge in [0.25, 0.3) is 0 Å². The van der Waals surface area contributed by atoms with Crippen molar-refractivity contribution in [3.63, 3.8) is 0 Å². The van der Waals surface area contributed by atoms with E-state index in [1.54, 1.807) is 31.5 Å². The maximum atomic E-state index is 12.3. The van der Waals surface area contributed by atoms with Crippen molar-refractivity contribution in [2.24, 2.45) is 0 Å². The van der Waals surface area contributed by atoms with Gasteiger partial charge in [-0.15, -0.1) is 0 Å². The highest BCUT2D eigenvalue weighted by Crippen LogP contribution is 2.21. The summed E-state index contributed by atoms with van der Waals surface area (Å²) in [4.78, 5) is 3.95. The zero-order valence-corrected chi connectivity index (χ0v) is 12.7. The van der Waals surface area contributed by atoms with Crippen molar-refractivity contribution in [2.75, 3.05) is 0 Å². The minimum Gasteiger partial charge on any atom is -0.264 e. The molecule has 0 saturated heterocycles. The van der Waals surface area contributed by atoms with Crippen LogP contribution >= 0.6 is 11.6 Å². The molecule has 21 heavy (non-hydrogen) atoms. The molecule has 0 amide bonds. The molecule has 0 bridgehead atoms. The Labute approximate surface area is 128 Å². The number of halogens is 1. The van der Waals surface area contributed by atoms with E-state index in [1.165, 1.54) is 18.2 Å². The number of hydrogen-bond acceptors (Lipinski definition) is 4. The molecule has 0 radical (unpaired) electrons. The van der Waals surface area contributed by atoms with E-state index >= 15 is 0 Å². The second kappa shape index (κ2) is 6.22. The van der Waals surface area contributed by atoms with Crippen LogP contribution in [0.25, 0.3) is 0 Å². The van der Waals surface area contributed by atoms with Crippen LogP contribution in [0.1, 0.15) is 24.1 Å². The standard InChI is InChI=1S/C14H12ClN3O2S/c1-10(11-3-2-6-17-9-11)18-21(19,20)13-4-5-14(15)12(7-13)8-16/h2-7,9-10,18H,1H3/t10-/m1/s1. The maximum absolute atomic E-state index is 12.3. The molecule has 2 rings (SSSR count). The van der Waals surface area contributed by atoms with E-state index in [0.717, 1.165) is 5.56 Å². The van der Waals surface area contributed by atoms with E-state index < -0.39 is 16.1 Å². The molecule has 0 unspecified atom stereocenters. The van der Waals surface area contributed by atoms with E-state index in [-0.39, 0.29) is 15.5 Å². The predicted octanol–water partition coefficient (Wildman–Crippen LogP) is 2.65. The van der Waals surface area contributed by atoms with Gasteiger partial charge in [-0.25, -0.2) is 13.1 Å². The zero-order valence-electron chi connectivity index (χ0n) is 11.1. The lowest BCUT2D eigenvalue weighted by Gasteiger charge is -2.14. The van der Waals surface area contributed by atoms with Gasteiger partial charge in [0.2, 0.25) is 10.0 Å². The normalized spacial score (nSPS) is 12.6. The molecule has 1 aromatic heterocycles. The van der Waals surface area contributed by atoms with Gasteiger partial charge in [-0.3, -0.25) is 4.98 Å². The quantitative estimate of drug-likeness (QED) is 0.938. The highest BCUT2D eigenvalue weighted by molar-refractivity contribution is 7.89. The van der Waals surface area contributed by atoms with Gasteiger partial charge in [0.05, 0.1) is 15.5 Å². The van der Waals surface area contributed by atoms with Gasteiger partial charge in [-0.2, -0.15) is 5.26 Å². The number of pyridine rings is 1. The minimum absolute atomic E-state index is 0.000750. The fourth-order valence-electron chi connectivity index (χ4n) is 1.76. The van der Waals surface area contributed by atoms with Crippen LogP contribution in [0.3, 0.4) is 0 Å². The average Bonchev–Trinajstić information content (AvgIpc) is 2.48. The molecule has 5 nitrogen and oxygen atoms in total. The Hall–Kier alpha value is -1.94. The lowest BCUT2D eigenvalue weighted by atomic mass is 10.2. The summed E-state index contributed by atoms with van der Waals surface area (Å²) >= 11 is 5.80. The van der Waals surface area contributed by atoms with Gasteiger partial charge in [0.1, 0.15) is 6.07 Å². The molecular weight excluding hydrogens is 310 g/mol. The smallest absolute Gasteiger partial charge is 0.241 e. The fourth-order valence-corrected chi connectivity index (χ4v) is 3.18. The van der Waals surface area contributed by atoms with Crippen molar-refractivity contribution >= 4 is 21.6 Å². The third kappa shape index (κ3) is 3.58. The van der Waals surface area contributed by atoms with Crippen LogP contribution in [-0.4, -0.2) is 13.4 Å². The Morgan fingerprint density at radius 2 is 2.14 bits per heavy atom. The summed E-state index contributed by atoms with van der Waals surface area (Å²) in [5.74, 6) is 0. The summed E-state index contributed by atoms with van der Waals surface area (Å²) < 4.78 is 27.2. The Kier molecular flexibility index (Phi) is 4.58. The summed E-state index contributed by atoms with van der Waals surface area (Å²) in [6, 6.07) is 8.94. The van der Waals surface area contributed by atoms with E-state index in [9.17, 15) is 8.42 Å². The largest absolute Gasteiger partial charge is 0.264 e. The van der Waals surface area contributed by atoms with E-state index in [2.05, 4.69) is 9.71 Å². The van der Waals surface area contributed by atoms with Gasteiger partial charge >= 0.3 is 0 Å². The van der Waals surface area contributed by atoms with Crippen LogP contribution in [0.2, 0.25) is 5.02 Å². The summed E-state index contributed by atoms with van der Waals surface area (Å²) in [5.41, 5.74) is 0.865. The number of benzene rings is 1. The molecule has 0 aliphatic heterocycles. The van der Waals surface area contributed by atoms with Crippen LogP contribution in [-0.2, 0) is 10.0 Å². The Morgan fingerprint density at radius 1 is 1.38 bits per heavy atom. The first-order valence-electron chi connectivity index (χ1n) is 6.06. The van der Waals surface area contributed by atoms with Crippen LogP contribution in [0.4, 0.5) is 0 Å². The molecule has 2 aromatic rings. The zero-order chi connectivity index (χ0) is 15.5. The average molecular weight is 322 g/mol. The summed E-state index contributed by atoms with van der Waals surface area (Å²) in [5, 5.41) is 9.13. The lowest BCUT2D eigenvalue weighted by Crippen LogP contribution is -2.27. The molecule has 0 spiro atoms. The molecule has 1 heterocycles. The number of aromatic nitrogens is 1. The van der Waals surface area contributed by atoms with Crippen LogP contribution in [0, 0.1) is 11.3 Å². The first-order chi connectivity index (χ1) is 9.94. The number of sulfonamides is 1. The highest BCUT2D eigenvalue weighted by Gasteiger charge is 2.19. The predicted molar refractivity (Wildman–Crippen MR) is 79.1 cm³/mol. The molecule has 1 atom stereocenters. The molecule has 1 aromatic carbocycles. The number of nitriles is 1. The number of rotatable bonds is 4. The Bertz CT molecular complexity index is 786. The maximum Gasteiger partial charge on any atom is 0.241 e. The van der Waals surface area contributed by atoms with Crippen molar-refractivity contribution in [1.29, 1.82) is 5.26 Å². The molecule has 1 N–H and O–H groups in total. The van der Waals surface area contributed by atoms with Crippen LogP contribution < -0.4 is 4.72 Å². The topological polar surface area (TPSA) is 82.9 Å². The Morgan fingerprint density at radius 3 is 2.76 bits per heavy atom. The molecule has 7 heteroatoms. The van der Waals surface area contributed by atoms with E-state index in [4.69, 9.17) is 16.9 Å². The summed E-state index contributed by atoms with van der Waals surface area (Å²) in [7, 11) is -3.74. The molecule has 108 valence electrons. The third-order valence-electron chi connectivity index (χ3n) is 2.88. The van der Waals surface area contributed by atoms with Crippen molar-refractivity contribution in [2.45, 2.75) is 17.9 Å². The molecule has 0 saturated carbocycles. The van der Waals surface area contributed by atoms with Gasteiger partial charge < -0.3 is 0 Å². The van der Waals surface area contributed by atoms with Crippen molar-refractivity contribution in [3.05, 3.63) is 58.9 Å². The lowest BCUT2D eigenvalue weighted by molar-refractivity contribution is 0.566. The Balaban J connectivity index is 2.29. The fraction of sp³-hybridized carbons (Fsp3) is 0.143. The molecule has 0 fully saturated rings. The van der Waals surface area contributed by atoms with Gasteiger partial charge in [-0.05, 0) is 36.8 Å². The monoisotopic (exact) mass is 321 g/mol. The van der Waals surface area contributed by atoms with E-state index in [1.807, 2.05) is 6.07 Å². The molecule has 0 aliphatic carbocycles. The van der Waals surface area contributed by atoms with Crippen molar-refractivity contribution in [3.8, 4) is 6.07 Å². The minimum atomic E-state index is -3.74. The first-order valence-corrected chi connectivity index (χ1v) is 7.92. The van der Waals surface area contributed by atoms with Crippen molar-refractivity contribution < 1.29 is 8.42 Å².